The highest BCUT2D eigenvalue weighted by atomic mass is 35.5. The Morgan fingerprint density at radius 3 is 2.55 bits per heavy atom. The Bertz CT molecular complexity index is 652. The monoisotopic (exact) mass is 297 g/mol. The van der Waals surface area contributed by atoms with Crippen molar-refractivity contribution in [2.45, 2.75) is 18.6 Å². The molecule has 2 aromatic carbocycles. The van der Waals surface area contributed by atoms with Crippen LogP contribution >= 0.6 is 11.6 Å². The van der Waals surface area contributed by atoms with E-state index >= 15 is 0 Å². The molecule has 104 valence electrons. The molecule has 1 atom stereocenters. The number of fused-ring (bicyclic) bond motifs is 1. The molecule has 0 aromatic heterocycles. The summed E-state index contributed by atoms with van der Waals surface area (Å²) in [5.41, 5.74) is 1.68. The maximum Gasteiger partial charge on any atom is 0.416 e. The van der Waals surface area contributed by atoms with Gasteiger partial charge in [-0.15, -0.1) is 0 Å². The molecule has 2 aromatic rings. The van der Waals surface area contributed by atoms with E-state index in [0.717, 1.165) is 23.3 Å². The quantitative estimate of drug-likeness (QED) is 0.775. The van der Waals surface area contributed by atoms with Crippen molar-refractivity contribution >= 4 is 17.3 Å². The van der Waals surface area contributed by atoms with Crippen molar-refractivity contribution in [2.75, 3.05) is 5.32 Å². The zero-order valence-corrected chi connectivity index (χ0v) is 11.1. The highest BCUT2D eigenvalue weighted by Crippen LogP contribution is 2.40. The molecule has 0 bridgehead atoms. The fourth-order valence-electron chi connectivity index (χ4n) is 2.47. The second-order valence-corrected chi connectivity index (χ2v) is 5.20. The van der Waals surface area contributed by atoms with E-state index in [0.29, 0.717) is 17.1 Å². The highest BCUT2D eigenvalue weighted by molar-refractivity contribution is 6.31. The lowest BCUT2D eigenvalue weighted by Gasteiger charge is -2.13. The molecule has 1 aliphatic rings. The predicted molar refractivity (Wildman–Crippen MR) is 73.0 cm³/mol. The van der Waals surface area contributed by atoms with E-state index in [1.54, 1.807) is 6.07 Å². The van der Waals surface area contributed by atoms with Crippen LogP contribution in [0.1, 0.15) is 22.7 Å². The van der Waals surface area contributed by atoms with Crippen LogP contribution in [0.3, 0.4) is 0 Å². The summed E-state index contributed by atoms with van der Waals surface area (Å²) < 4.78 is 38.1. The summed E-state index contributed by atoms with van der Waals surface area (Å²) in [5, 5.41) is 3.74. The Hall–Kier alpha value is -1.68. The van der Waals surface area contributed by atoms with E-state index < -0.39 is 11.7 Å². The third kappa shape index (κ3) is 2.36. The lowest BCUT2D eigenvalue weighted by atomic mass is 10.0. The summed E-state index contributed by atoms with van der Waals surface area (Å²) in [6, 6.07) is 11.1. The van der Waals surface area contributed by atoms with Gasteiger partial charge in [-0.3, -0.25) is 0 Å². The molecule has 5 heteroatoms. The largest absolute Gasteiger partial charge is 0.416 e. The SMILES string of the molecule is FC(F)(F)c1ccc2c(c1)NC(c1ccccc1Cl)C2. The minimum Gasteiger partial charge on any atom is -0.378 e. The summed E-state index contributed by atoms with van der Waals surface area (Å²) >= 11 is 6.13. The number of nitrogens with one attached hydrogen (secondary N) is 1. The number of hydrogen-bond acceptors (Lipinski definition) is 1. The molecule has 0 amide bonds. The maximum atomic E-state index is 12.7. The summed E-state index contributed by atoms with van der Waals surface area (Å²) in [6.07, 6.45) is -3.68. The van der Waals surface area contributed by atoms with Gasteiger partial charge in [-0.25, -0.2) is 0 Å². The van der Waals surface area contributed by atoms with Gasteiger partial charge in [-0.1, -0.05) is 35.9 Å². The minimum absolute atomic E-state index is 0.0813. The smallest absolute Gasteiger partial charge is 0.378 e. The van der Waals surface area contributed by atoms with Crippen LogP contribution < -0.4 is 5.32 Å². The van der Waals surface area contributed by atoms with Crippen molar-refractivity contribution in [3.63, 3.8) is 0 Å². The van der Waals surface area contributed by atoms with Crippen molar-refractivity contribution in [1.29, 1.82) is 0 Å². The molecular formula is C15H11ClF3N. The second kappa shape index (κ2) is 4.70. The summed E-state index contributed by atoms with van der Waals surface area (Å²) in [7, 11) is 0. The third-order valence-corrected chi connectivity index (χ3v) is 3.82. The molecular weight excluding hydrogens is 287 g/mol. The van der Waals surface area contributed by atoms with E-state index in [9.17, 15) is 13.2 Å². The molecule has 3 rings (SSSR count). The number of benzene rings is 2. The normalized spacial score (nSPS) is 17.7. The van der Waals surface area contributed by atoms with Crippen LogP contribution in [0.25, 0.3) is 0 Å². The van der Waals surface area contributed by atoms with Gasteiger partial charge >= 0.3 is 6.18 Å². The van der Waals surface area contributed by atoms with Gasteiger partial charge in [-0.05, 0) is 35.7 Å². The lowest BCUT2D eigenvalue weighted by Crippen LogP contribution is -2.07. The molecule has 0 spiro atoms. The Kier molecular flexibility index (Phi) is 3.13. The lowest BCUT2D eigenvalue weighted by molar-refractivity contribution is -0.137. The standard InChI is InChI=1S/C15H11ClF3N/c16-12-4-2-1-3-11(12)14-7-9-5-6-10(15(17,18)19)8-13(9)20-14/h1-6,8,14,20H,7H2. The molecule has 20 heavy (non-hydrogen) atoms. The summed E-state index contributed by atoms with van der Waals surface area (Å²) in [5.74, 6) is 0. The van der Waals surface area contributed by atoms with Crippen molar-refractivity contribution in [3.05, 3.63) is 64.2 Å². The van der Waals surface area contributed by atoms with Gasteiger partial charge in [0.05, 0.1) is 11.6 Å². The van der Waals surface area contributed by atoms with Crippen LogP contribution in [-0.4, -0.2) is 0 Å². The molecule has 1 nitrogen and oxygen atoms in total. The number of halogens is 4. The second-order valence-electron chi connectivity index (χ2n) is 4.79. The van der Waals surface area contributed by atoms with Crippen molar-refractivity contribution in [2.24, 2.45) is 0 Å². The van der Waals surface area contributed by atoms with E-state index in [1.165, 1.54) is 6.07 Å². The molecule has 1 heterocycles. The Labute approximate surface area is 119 Å². The number of alkyl halides is 3. The van der Waals surface area contributed by atoms with Gasteiger partial charge in [0, 0.05) is 10.7 Å². The van der Waals surface area contributed by atoms with E-state index in [-0.39, 0.29) is 6.04 Å². The van der Waals surface area contributed by atoms with Crippen LogP contribution in [0.4, 0.5) is 18.9 Å². The molecule has 0 radical (unpaired) electrons. The van der Waals surface area contributed by atoms with E-state index in [1.807, 2.05) is 18.2 Å². The van der Waals surface area contributed by atoms with Gasteiger partial charge in [0.25, 0.3) is 0 Å². The van der Waals surface area contributed by atoms with Crippen molar-refractivity contribution in [3.8, 4) is 0 Å². The van der Waals surface area contributed by atoms with Gasteiger partial charge in [-0.2, -0.15) is 13.2 Å². The summed E-state index contributed by atoms with van der Waals surface area (Å²) in [4.78, 5) is 0. The average molecular weight is 298 g/mol. The minimum atomic E-state index is -4.32. The Balaban J connectivity index is 1.91. The van der Waals surface area contributed by atoms with Crippen LogP contribution in [0.5, 0.6) is 0 Å². The zero-order valence-electron chi connectivity index (χ0n) is 10.3. The van der Waals surface area contributed by atoms with Crippen LogP contribution in [0.2, 0.25) is 5.02 Å². The average Bonchev–Trinajstić information content (AvgIpc) is 2.80. The first-order chi connectivity index (χ1) is 9.45. The fourth-order valence-corrected chi connectivity index (χ4v) is 2.74. The van der Waals surface area contributed by atoms with Gasteiger partial charge < -0.3 is 5.32 Å². The molecule has 1 aliphatic heterocycles. The zero-order chi connectivity index (χ0) is 14.3. The van der Waals surface area contributed by atoms with Crippen LogP contribution in [0, 0.1) is 0 Å². The fraction of sp³-hybridized carbons (Fsp3) is 0.200. The van der Waals surface area contributed by atoms with Gasteiger partial charge in [0.15, 0.2) is 0 Å². The topological polar surface area (TPSA) is 12.0 Å². The van der Waals surface area contributed by atoms with Gasteiger partial charge in [0.1, 0.15) is 0 Å². The van der Waals surface area contributed by atoms with Crippen molar-refractivity contribution < 1.29 is 13.2 Å². The van der Waals surface area contributed by atoms with E-state index in [2.05, 4.69) is 5.32 Å². The molecule has 0 aliphatic carbocycles. The number of hydrogen-bond donors (Lipinski definition) is 1. The first kappa shape index (κ1) is 13.3. The first-order valence-corrected chi connectivity index (χ1v) is 6.54. The first-order valence-electron chi connectivity index (χ1n) is 6.16. The molecule has 1 N–H and O–H groups in total. The molecule has 0 saturated heterocycles. The molecule has 0 saturated carbocycles. The van der Waals surface area contributed by atoms with Crippen molar-refractivity contribution in [1.82, 2.24) is 0 Å². The molecule has 1 unspecified atom stereocenters. The number of rotatable bonds is 1. The maximum absolute atomic E-state index is 12.7. The predicted octanol–water partition coefficient (Wildman–Crippen LogP) is 5.07. The third-order valence-electron chi connectivity index (χ3n) is 3.47. The van der Waals surface area contributed by atoms with Crippen LogP contribution in [0.15, 0.2) is 42.5 Å². The number of anilines is 1. The van der Waals surface area contributed by atoms with Crippen LogP contribution in [-0.2, 0) is 12.6 Å². The Morgan fingerprint density at radius 2 is 1.85 bits per heavy atom. The highest BCUT2D eigenvalue weighted by Gasteiger charge is 2.33. The Morgan fingerprint density at radius 1 is 1.10 bits per heavy atom. The summed E-state index contributed by atoms with van der Waals surface area (Å²) in [6.45, 7) is 0. The van der Waals surface area contributed by atoms with E-state index in [4.69, 9.17) is 11.6 Å². The van der Waals surface area contributed by atoms with Gasteiger partial charge in [0.2, 0.25) is 0 Å². The molecule has 0 fully saturated rings.